The Balaban J connectivity index is 1.95. The van der Waals surface area contributed by atoms with Crippen LogP contribution < -0.4 is 5.32 Å². The van der Waals surface area contributed by atoms with E-state index in [1.54, 1.807) is 11.8 Å². The maximum absolute atomic E-state index is 13.0. The van der Waals surface area contributed by atoms with Gasteiger partial charge in [-0.05, 0) is 42.7 Å². The monoisotopic (exact) mass is 433 g/mol. The van der Waals surface area contributed by atoms with Gasteiger partial charge in [-0.25, -0.2) is 22.4 Å². The van der Waals surface area contributed by atoms with Crippen molar-refractivity contribution in [1.29, 1.82) is 0 Å². The largest absolute Gasteiger partial charge is 0.467 e. The number of carbonyl (C=O) groups is 2. The summed E-state index contributed by atoms with van der Waals surface area (Å²) in [5, 5.41) is 2.65. The molecule has 1 N–H and O–H groups in total. The van der Waals surface area contributed by atoms with E-state index in [4.69, 9.17) is 4.74 Å². The van der Waals surface area contributed by atoms with E-state index in [0.29, 0.717) is 12.2 Å². The number of thioether (sulfide) groups is 1. The topological polar surface area (TPSA) is 96.0 Å². The summed E-state index contributed by atoms with van der Waals surface area (Å²) in [6, 6.07) is 3.45. The van der Waals surface area contributed by atoms with E-state index < -0.39 is 33.9 Å². The van der Waals surface area contributed by atoms with Crippen molar-refractivity contribution in [1.82, 2.24) is 14.5 Å². The van der Waals surface area contributed by atoms with Crippen LogP contribution in [0.15, 0.2) is 29.2 Å². The zero-order valence-electron chi connectivity index (χ0n) is 15.8. The molecule has 0 aliphatic carbocycles. The van der Waals surface area contributed by atoms with Gasteiger partial charge in [0, 0.05) is 26.2 Å². The second kappa shape index (κ2) is 10.1. The Kier molecular flexibility index (Phi) is 8.08. The smallest absolute Gasteiger partial charge is 0.328 e. The van der Waals surface area contributed by atoms with Crippen LogP contribution in [0.3, 0.4) is 0 Å². The van der Waals surface area contributed by atoms with Gasteiger partial charge in [0.1, 0.15) is 11.9 Å². The average Bonchev–Trinajstić information content (AvgIpc) is 2.70. The number of sulfonamides is 1. The number of hydrogen-bond acceptors (Lipinski definition) is 6. The molecule has 8 nitrogen and oxygen atoms in total. The highest BCUT2D eigenvalue weighted by Gasteiger charge is 2.31. The minimum atomic E-state index is -3.75. The minimum Gasteiger partial charge on any atom is -0.467 e. The van der Waals surface area contributed by atoms with E-state index in [0.717, 1.165) is 12.1 Å². The van der Waals surface area contributed by atoms with Crippen molar-refractivity contribution < 1.29 is 27.1 Å². The number of halogens is 1. The number of urea groups is 1. The van der Waals surface area contributed by atoms with E-state index in [9.17, 15) is 22.4 Å². The average molecular weight is 434 g/mol. The predicted molar refractivity (Wildman–Crippen MR) is 104 cm³/mol. The predicted octanol–water partition coefficient (Wildman–Crippen LogP) is 1.14. The molecule has 0 radical (unpaired) electrons. The standard InChI is InChI=1S/C17H24FN3O5S2/c1-26-16(22)15(7-12-27-2)19-17(23)20-8-10-21(11-9-20)28(24,25)14-5-3-13(18)4-6-14/h3-6,15H,7-12H2,1-2H3,(H,19,23). The van der Waals surface area contributed by atoms with Gasteiger partial charge in [0.25, 0.3) is 0 Å². The Labute approximate surface area is 168 Å². The van der Waals surface area contributed by atoms with Crippen molar-refractivity contribution in [3.63, 3.8) is 0 Å². The van der Waals surface area contributed by atoms with Gasteiger partial charge in [-0.3, -0.25) is 0 Å². The van der Waals surface area contributed by atoms with Crippen molar-refractivity contribution in [2.75, 3.05) is 45.3 Å². The van der Waals surface area contributed by atoms with Gasteiger partial charge in [-0.15, -0.1) is 0 Å². The lowest BCUT2D eigenvalue weighted by atomic mass is 10.2. The zero-order valence-corrected chi connectivity index (χ0v) is 17.4. The number of benzene rings is 1. The number of carbonyl (C=O) groups excluding carboxylic acids is 2. The molecule has 28 heavy (non-hydrogen) atoms. The molecule has 1 aliphatic rings. The number of nitrogens with zero attached hydrogens (tertiary/aromatic N) is 2. The second-order valence-corrected chi connectivity index (χ2v) is 9.08. The Bertz CT molecular complexity index is 780. The molecule has 2 amide bonds. The molecule has 1 fully saturated rings. The van der Waals surface area contributed by atoms with Crippen molar-refractivity contribution in [3.8, 4) is 0 Å². The van der Waals surface area contributed by atoms with Crippen LogP contribution in [0.2, 0.25) is 0 Å². The SMILES string of the molecule is COC(=O)C(CCSC)NC(=O)N1CCN(S(=O)(=O)c2ccc(F)cc2)CC1. The molecule has 1 atom stereocenters. The molecule has 0 aromatic heterocycles. The summed E-state index contributed by atoms with van der Waals surface area (Å²) < 4.78 is 44.2. The maximum Gasteiger partial charge on any atom is 0.328 e. The molecule has 0 bridgehead atoms. The third kappa shape index (κ3) is 5.58. The fraction of sp³-hybridized carbons (Fsp3) is 0.529. The van der Waals surface area contributed by atoms with E-state index in [2.05, 4.69) is 5.32 Å². The summed E-state index contributed by atoms with van der Waals surface area (Å²) in [6.45, 7) is 0.590. The number of nitrogens with one attached hydrogen (secondary N) is 1. The van der Waals surface area contributed by atoms with Gasteiger partial charge < -0.3 is 15.0 Å². The first-order valence-corrected chi connectivity index (χ1v) is 11.5. The number of amides is 2. The van der Waals surface area contributed by atoms with Crippen molar-refractivity contribution in [2.45, 2.75) is 17.4 Å². The highest BCUT2D eigenvalue weighted by Crippen LogP contribution is 2.18. The van der Waals surface area contributed by atoms with E-state index >= 15 is 0 Å². The summed E-state index contributed by atoms with van der Waals surface area (Å²) in [4.78, 5) is 25.7. The van der Waals surface area contributed by atoms with Crippen LogP contribution in [0, 0.1) is 5.82 Å². The van der Waals surface area contributed by atoms with Crippen LogP contribution in [0.25, 0.3) is 0 Å². The zero-order chi connectivity index (χ0) is 20.7. The summed E-state index contributed by atoms with van der Waals surface area (Å²) in [7, 11) is -2.49. The van der Waals surface area contributed by atoms with Gasteiger partial charge in [-0.1, -0.05) is 0 Å². The quantitative estimate of drug-likeness (QED) is 0.648. The van der Waals surface area contributed by atoms with Crippen LogP contribution in [0.4, 0.5) is 9.18 Å². The van der Waals surface area contributed by atoms with Gasteiger partial charge >= 0.3 is 12.0 Å². The molecule has 1 aromatic carbocycles. The normalized spacial score (nSPS) is 16.5. The lowest BCUT2D eigenvalue weighted by molar-refractivity contribution is -0.142. The fourth-order valence-corrected chi connectivity index (χ4v) is 4.65. The molecule has 1 aliphatic heterocycles. The molecule has 0 spiro atoms. The van der Waals surface area contributed by atoms with Crippen molar-refractivity contribution in [3.05, 3.63) is 30.1 Å². The van der Waals surface area contributed by atoms with E-state index in [1.165, 1.54) is 28.4 Å². The summed E-state index contributed by atoms with van der Waals surface area (Å²) in [6.07, 6.45) is 2.34. The Hall–Kier alpha value is -1.85. The number of hydrogen-bond donors (Lipinski definition) is 1. The third-order valence-corrected chi connectivity index (χ3v) is 6.93. The number of esters is 1. The molecule has 1 heterocycles. The first-order valence-electron chi connectivity index (χ1n) is 8.67. The number of methoxy groups -OCH3 is 1. The first kappa shape index (κ1) is 22.4. The lowest BCUT2D eigenvalue weighted by Gasteiger charge is -2.34. The summed E-state index contributed by atoms with van der Waals surface area (Å²) >= 11 is 1.55. The Morgan fingerprint density at radius 1 is 1.21 bits per heavy atom. The number of ether oxygens (including phenoxy) is 1. The van der Waals surface area contributed by atoms with Crippen LogP contribution in [0.5, 0.6) is 0 Å². The minimum absolute atomic E-state index is 0.00891. The van der Waals surface area contributed by atoms with Gasteiger partial charge in [0.15, 0.2) is 0 Å². The molecule has 0 saturated carbocycles. The number of rotatable bonds is 7. The molecular weight excluding hydrogens is 409 g/mol. The van der Waals surface area contributed by atoms with Crippen molar-refractivity contribution in [2.24, 2.45) is 0 Å². The van der Waals surface area contributed by atoms with Gasteiger partial charge in [0.05, 0.1) is 12.0 Å². The van der Waals surface area contributed by atoms with Crippen LogP contribution in [-0.4, -0.2) is 81.0 Å². The highest BCUT2D eigenvalue weighted by atomic mass is 32.2. The fourth-order valence-electron chi connectivity index (χ4n) is 2.75. The van der Waals surface area contributed by atoms with Crippen LogP contribution in [0.1, 0.15) is 6.42 Å². The van der Waals surface area contributed by atoms with Gasteiger partial charge in [0.2, 0.25) is 10.0 Å². The number of piperazine rings is 1. The second-order valence-electron chi connectivity index (χ2n) is 6.15. The summed E-state index contributed by atoms with van der Waals surface area (Å²) in [5.41, 5.74) is 0. The molecule has 1 aromatic rings. The summed E-state index contributed by atoms with van der Waals surface area (Å²) in [5.74, 6) is -0.342. The third-order valence-electron chi connectivity index (χ3n) is 4.37. The van der Waals surface area contributed by atoms with Gasteiger partial charge in [-0.2, -0.15) is 16.1 Å². The molecule has 1 saturated heterocycles. The molecule has 2 rings (SSSR count). The van der Waals surface area contributed by atoms with E-state index in [-0.39, 0.29) is 31.1 Å². The first-order chi connectivity index (χ1) is 13.3. The maximum atomic E-state index is 13.0. The Morgan fingerprint density at radius 2 is 1.82 bits per heavy atom. The molecule has 1 unspecified atom stereocenters. The molecular formula is C17H24FN3O5S2. The van der Waals surface area contributed by atoms with Crippen LogP contribution in [-0.2, 0) is 19.6 Å². The van der Waals surface area contributed by atoms with E-state index in [1.807, 2.05) is 6.26 Å². The highest BCUT2D eigenvalue weighted by molar-refractivity contribution is 7.98. The molecule has 156 valence electrons. The van der Waals surface area contributed by atoms with Crippen molar-refractivity contribution >= 4 is 33.8 Å². The van der Waals surface area contributed by atoms with Crippen LogP contribution >= 0.6 is 11.8 Å². The molecule has 11 heteroatoms. The lowest BCUT2D eigenvalue weighted by Crippen LogP contribution is -2.55. The Morgan fingerprint density at radius 3 is 2.36 bits per heavy atom.